The summed E-state index contributed by atoms with van der Waals surface area (Å²) in [5.41, 5.74) is 3.17. The van der Waals surface area contributed by atoms with Gasteiger partial charge in [0.25, 0.3) is 5.91 Å². The van der Waals surface area contributed by atoms with Crippen molar-refractivity contribution in [2.75, 3.05) is 39.3 Å². The number of nitrogens with one attached hydrogen (secondary N) is 2. The van der Waals surface area contributed by atoms with E-state index >= 15 is 0 Å². The summed E-state index contributed by atoms with van der Waals surface area (Å²) in [5, 5.41) is 11.2. The van der Waals surface area contributed by atoms with Gasteiger partial charge in [0, 0.05) is 44.5 Å². The number of amides is 1. The van der Waals surface area contributed by atoms with E-state index in [1.165, 1.54) is 0 Å². The molecule has 3 aromatic rings. The molecule has 1 aliphatic rings. The van der Waals surface area contributed by atoms with Crippen molar-refractivity contribution >= 4 is 5.91 Å². The van der Waals surface area contributed by atoms with Crippen LogP contribution in [0.4, 0.5) is 0 Å². The lowest BCUT2D eigenvalue weighted by Crippen LogP contribution is -2.44. The molecule has 1 fully saturated rings. The van der Waals surface area contributed by atoms with E-state index in [4.69, 9.17) is 5.10 Å². The lowest BCUT2D eigenvalue weighted by atomic mass is 10.1. The fourth-order valence-electron chi connectivity index (χ4n) is 3.60. The molecule has 6 heteroatoms. The smallest absolute Gasteiger partial charge is 0.255 e. The number of aromatic nitrogens is 2. The van der Waals surface area contributed by atoms with Crippen molar-refractivity contribution in [1.82, 2.24) is 25.3 Å². The van der Waals surface area contributed by atoms with Crippen LogP contribution in [-0.2, 0) is 0 Å². The van der Waals surface area contributed by atoms with Gasteiger partial charge in [-0.15, -0.1) is 0 Å². The molecule has 0 bridgehead atoms. The predicted octanol–water partition coefficient (Wildman–Crippen LogP) is 2.56. The van der Waals surface area contributed by atoms with E-state index < -0.39 is 0 Å². The third-order valence-corrected chi connectivity index (χ3v) is 5.17. The minimum atomic E-state index is -0.0775. The van der Waals surface area contributed by atoms with Crippen LogP contribution in [0.25, 0.3) is 16.9 Å². The van der Waals surface area contributed by atoms with Gasteiger partial charge in [0.05, 0.1) is 11.3 Å². The summed E-state index contributed by atoms with van der Waals surface area (Å²) in [5.74, 6) is -0.0775. The van der Waals surface area contributed by atoms with Gasteiger partial charge < -0.3 is 15.5 Å². The monoisotopic (exact) mass is 389 g/mol. The predicted molar refractivity (Wildman–Crippen MR) is 115 cm³/mol. The first-order valence-corrected chi connectivity index (χ1v) is 10.2. The number of benzene rings is 2. The van der Waals surface area contributed by atoms with Gasteiger partial charge in [0.2, 0.25) is 0 Å². The van der Waals surface area contributed by atoms with Crippen LogP contribution in [0.1, 0.15) is 16.8 Å². The molecule has 1 aliphatic heterocycles. The van der Waals surface area contributed by atoms with E-state index in [0.717, 1.165) is 50.4 Å². The van der Waals surface area contributed by atoms with Gasteiger partial charge in [-0.05, 0) is 25.1 Å². The lowest BCUT2D eigenvalue weighted by molar-refractivity contribution is 0.0952. The number of carbonyl (C=O) groups is 1. The molecule has 150 valence electrons. The highest BCUT2D eigenvalue weighted by Crippen LogP contribution is 2.23. The molecule has 0 unspecified atom stereocenters. The fraction of sp³-hybridized carbons (Fsp3) is 0.304. The summed E-state index contributed by atoms with van der Waals surface area (Å²) in [6.07, 6.45) is 2.77. The van der Waals surface area contributed by atoms with E-state index in [2.05, 4.69) is 15.5 Å². The highest BCUT2D eigenvalue weighted by atomic mass is 16.1. The molecule has 29 heavy (non-hydrogen) atoms. The highest BCUT2D eigenvalue weighted by molar-refractivity contribution is 5.99. The van der Waals surface area contributed by atoms with Gasteiger partial charge in [0.15, 0.2) is 0 Å². The van der Waals surface area contributed by atoms with Gasteiger partial charge in [0.1, 0.15) is 5.69 Å². The van der Waals surface area contributed by atoms with Crippen molar-refractivity contribution in [3.8, 4) is 16.9 Å². The molecule has 0 saturated carbocycles. The first kappa shape index (κ1) is 19.4. The molecule has 1 amide bonds. The summed E-state index contributed by atoms with van der Waals surface area (Å²) in [6.45, 7) is 5.92. The molecule has 4 rings (SSSR count). The van der Waals surface area contributed by atoms with Crippen LogP contribution < -0.4 is 10.6 Å². The summed E-state index contributed by atoms with van der Waals surface area (Å²) >= 11 is 0. The molecule has 0 spiro atoms. The van der Waals surface area contributed by atoms with Crippen LogP contribution in [0.5, 0.6) is 0 Å². The lowest BCUT2D eigenvalue weighted by Gasteiger charge is -2.27. The number of hydrogen-bond acceptors (Lipinski definition) is 4. The molecule has 0 aliphatic carbocycles. The van der Waals surface area contributed by atoms with Crippen LogP contribution in [0.15, 0.2) is 66.9 Å². The van der Waals surface area contributed by atoms with E-state index in [1.807, 2.05) is 66.9 Å². The summed E-state index contributed by atoms with van der Waals surface area (Å²) in [6, 6.07) is 19.7. The third kappa shape index (κ3) is 4.91. The van der Waals surface area contributed by atoms with Crippen LogP contribution in [-0.4, -0.2) is 59.9 Å². The Bertz CT molecular complexity index is 917. The minimum Gasteiger partial charge on any atom is -0.352 e. The average molecular weight is 390 g/mol. The normalized spacial score (nSPS) is 14.6. The van der Waals surface area contributed by atoms with Crippen molar-refractivity contribution in [3.05, 3.63) is 72.4 Å². The van der Waals surface area contributed by atoms with Gasteiger partial charge in [-0.1, -0.05) is 48.5 Å². The quantitative estimate of drug-likeness (QED) is 0.610. The molecule has 2 aromatic carbocycles. The number of nitrogens with zero attached hydrogens (tertiary/aromatic N) is 3. The number of hydrogen-bond donors (Lipinski definition) is 2. The third-order valence-electron chi connectivity index (χ3n) is 5.17. The van der Waals surface area contributed by atoms with E-state index in [0.29, 0.717) is 17.8 Å². The molecule has 2 heterocycles. The molecule has 1 aromatic heterocycles. The highest BCUT2D eigenvalue weighted by Gasteiger charge is 2.18. The number of carbonyl (C=O) groups excluding carboxylic acids is 1. The second kappa shape index (κ2) is 9.49. The Morgan fingerprint density at radius 2 is 1.69 bits per heavy atom. The van der Waals surface area contributed by atoms with Crippen LogP contribution >= 0.6 is 0 Å². The van der Waals surface area contributed by atoms with Crippen LogP contribution in [0.3, 0.4) is 0 Å². The Hall–Kier alpha value is -2.96. The topological polar surface area (TPSA) is 62.2 Å². The van der Waals surface area contributed by atoms with E-state index in [9.17, 15) is 4.79 Å². The Balaban J connectivity index is 1.47. The van der Waals surface area contributed by atoms with Crippen molar-refractivity contribution in [3.63, 3.8) is 0 Å². The van der Waals surface area contributed by atoms with Gasteiger partial charge in [-0.2, -0.15) is 5.10 Å². The maximum atomic E-state index is 12.9. The molecule has 1 saturated heterocycles. The van der Waals surface area contributed by atoms with Crippen LogP contribution in [0.2, 0.25) is 0 Å². The van der Waals surface area contributed by atoms with Crippen molar-refractivity contribution in [1.29, 1.82) is 0 Å². The van der Waals surface area contributed by atoms with Gasteiger partial charge >= 0.3 is 0 Å². The number of rotatable bonds is 7. The molecular weight excluding hydrogens is 362 g/mol. The van der Waals surface area contributed by atoms with E-state index in [1.54, 1.807) is 4.68 Å². The molecule has 0 radical (unpaired) electrons. The molecule has 0 atom stereocenters. The SMILES string of the molecule is O=C(NCCCN1CCNCC1)c1cn(-c2ccccc2)nc1-c1ccccc1. The average Bonchev–Trinajstić information content (AvgIpc) is 3.24. The maximum Gasteiger partial charge on any atom is 0.255 e. The molecule has 6 nitrogen and oxygen atoms in total. The largest absolute Gasteiger partial charge is 0.352 e. The Labute approximate surface area is 171 Å². The standard InChI is InChI=1S/C23H27N5O/c29-23(25-12-7-15-27-16-13-24-14-17-27)21-18-28(20-10-5-2-6-11-20)26-22(21)19-8-3-1-4-9-19/h1-6,8-11,18,24H,7,12-17H2,(H,25,29). The van der Waals surface area contributed by atoms with E-state index in [-0.39, 0.29) is 5.91 Å². The fourth-order valence-corrected chi connectivity index (χ4v) is 3.60. The Morgan fingerprint density at radius 1 is 1.00 bits per heavy atom. The first-order valence-electron chi connectivity index (χ1n) is 10.2. The number of piperazine rings is 1. The molecule has 2 N–H and O–H groups in total. The minimum absolute atomic E-state index is 0.0775. The second-order valence-electron chi connectivity index (χ2n) is 7.24. The summed E-state index contributed by atoms with van der Waals surface area (Å²) < 4.78 is 1.78. The van der Waals surface area contributed by atoms with Crippen molar-refractivity contribution < 1.29 is 4.79 Å². The summed E-state index contributed by atoms with van der Waals surface area (Å²) in [7, 11) is 0. The second-order valence-corrected chi connectivity index (χ2v) is 7.24. The zero-order chi connectivity index (χ0) is 19.9. The van der Waals surface area contributed by atoms with Gasteiger partial charge in [-0.3, -0.25) is 4.79 Å². The Morgan fingerprint density at radius 3 is 2.41 bits per heavy atom. The van der Waals surface area contributed by atoms with Crippen molar-refractivity contribution in [2.24, 2.45) is 0 Å². The number of para-hydroxylation sites is 1. The molecular formula is C23H27N5O. The zero-order valence-corrected chi connectivity index (χ0v) is 16.6. The van der Waals surface area contributed by atoms with Gasteiger partial charge in [-0.25, -0.2) is 4.68 Å². The zero-order valence-electron chi connectivity index (χ0n) is 16.6. The Kier molecular flexibility index (Phi) is 6.34. The van der Waals surface area contributed by atoms with Crippen molar-refractivity contribution in [2.45, 2.75) is 6.42 Å². The van der Waals surface area contributed by atoms with Crippen LogP contribution in [0, 0.1) is 0 Å². The summed E-state index contributed by atoms with van der Waals surface area (Å²) in [4.78, 5) is 15.4. The first-order chi connectivity index (χ1) is 14.3. The maximum absolute atomic E-state index is 12.9.